The third-order valence-corrected chi connectivity index (χ3v) is 4.61. The van der Waals surface area contributed by atoms with Crippen molar-refractivity contribution >= 4 is 33.7 Å². The Morgan fingerprint density at radius 1 is 1.07 bits per heavy atom. The van der Waals surface area contributed by atoms with Crippen molar-refractivity contribution < 1.29 is 4.74 Å². The van der Waals surface area contributed by atoms with Gasteiger partial charge in [-0.3, -0.25) is 4.98 Å². The predicted molar refractivity (Wildman–Crippen MR) is 109 cm³/mol. The highest BCUT2D eigenvalue weighted by Gasteiger charge is 2.09. The molecule has 0 N–H and O–H groups in total. The molecule has 4 rings (SSSR count). The van der Waals surface area contributed by atoms with Crippen molar-refractivity contribution in [2.45, 2.75) is 20.4 Å². The van der Waals surface area contributed by atoms with Gasteiger partial charge in [0.15, 0.2) is 17.3 Å². The van der Waals surface area contributed by atoms with Gasteiger partial charge in [0.1, 0.15) is 5.75 Å². The van der Waals surface area contributed by atoms with E-state index in [1.807, 2.05) is 54.9 Å². The van der Waals surface area contributed by atoms with Crippen LogP contribution in [-0.2, 0) is 6.54 Å². The van der Waals surface area contributed by atoms with Gasteiger partial charge in [-0.2, -0.15) is 0 Å². The number of ether oxygens (including phenoxy) is 1. The van der Waals surface area contributed by atoms with E-state index in [1.54, 1.807) is 17.8 Å². The third kappa shape index (κ3) is 3.65. The van der Waals surface area contributed by atoms with Gasteiger partial charge in [-0.25, -0.2) is 19.2 Å². The second kappa shape index (κ2) is 7.51. The van der Waals surface area contributed by atoms with Crippen LogP contribution in [0.5, 0.6) is 5.75 Å². The van der Waals surface area contributed by atoms with Gasteiger partial charge < -0.3 is 4.74 Å². The van der Waals surface area contributed by atoms with E-state index in [-0.39, 0.29) is 0 Å². The third-order valence-electron chi connectivity index (χ3n) is 4.27. The summed E-state index contributed by atoms with van der Waals surface area (Å²) in [6.45, 7) is 4.45. The van der Waals surface area contributed by atoms with Crippen LogP contribution < -0.4 is 4.74 Å². The zero-order valence-electron chi connectivity index (χ0n) is 15.7. The molecule has 0 saturated carbocycles. The molecule has 0 saturated heterocycles. The number of nitrogens with zero attached hydrogens (tertiary/aromatic N) is 7. The average molecular weight is 440 g/mol. The quantitative estimate of drug-likeness (QED) is 0.474. The van der Waals surface area contributed by atoms with Crippen LogP contribution in [0.1, 0.15) is 28.6 Å². The molecule has 0 unspecified atom stereocenters. The minimum absolute atomic E-state index is 0.527. The van der Waals surface area contributed by atoms with Crippen molar-refractivity contribution in [3.63, 3.8) is 0 Å². The Bertz CT molecular complexity index is 1120. The molecule has 0 amide bonds. The van der Waals surface area contributed by atoms with Gasteiger partial charge in [0.05, 0.1) is 25.0 Å². The molecule has 0 bridgehead atoms. The number of aromatic nitrogens is 7. The van der Waals surface area contributed by atoms with Gasteiger partial charge in [-0.05, 0) is 59.6 Å². The number of aryl methyl sites for hydroxylation is 2. The zero-order valence-corrected chi connectivity index (χ0v) is 17.3. The van der Waals surface area contributed by atoms with Gasteiger partial charge >= 0.3 is 0 Å². The lowest BCUT2D eigenvalue weighted by Gasteiger charge is -2.05. The lowest BCUT2D eigenvalue weighted by atomic mass is 10.2. The summed E-state index contributed by atoms with van der Waals surface area (Å²) in [7, 11) is 1.65. The summed E-state index contributed by atoms with van der Waals surface area (Å²) in [6.07, 6.45) is 5.47. The van der Waals surface area contributed by atoms with E-state index in [0.717, 1.165) is 28.3 Å². The fraction of sp³-hybridized carbons (Fsp3) is 0.211. The summed E-state index contributed by atoms with van der Waals surface area (Å²) in [6, 6.07) is 7.86. The second-order valence-electron chi connectivity index (χ2n) is 6.27. The summed E-state index contributed by atoms with van der Waals surface area (Å²) in [5.41, 5.74) is 3.61. The number of hydrogen-bond acceptors (Lipinski definition) is 6. The van der Waals surface area contributed by atoms with Crippen LogP contribution >= 0.6 is 15.9 Å². The Morgan fingerprint density at radius 2 is 1.86 bits per heavy atom. The molecule has 0 aliphatic heterocycles. The highest BCUT2D eigenvalue weighted by atomic mass is 79.9. The molecule has 0 fully saturated rings. The molecule has 3 heterocycles. The van der Waals surface area contributed by atoms with Crippen molar-refractivity contribution in [3.05, 3.63) is 63.8 Å². The first-order valence-electron chi connectivity index (χ1n) is 8.64. The number of benzene rings is 1. The highest BCUT2D eigenvalue weighted by molar-refractivity contribution is 9.10. The Labute approximate surface area is 170 Å². The minimum atomic E-state index is 0.527. The Morgan fingerprint density at radius 3 is 2.57 bits per heavy atom. The first-order chi connectivity index (χ1) is 13.5. The van der Waals surface area contributed by atoms with Crippen LogP contribution in [0.3, 0.4) is 0 Å². The Hall–Kier alpha value is -3.07. The first kappa shape index (κ1) is 18.3. The molecule has 0 spiro atoms. The van der Waals surface area contributed by atoms with E-state index in [0.29, 0.717) is 22.9 Å². The van der Waals surface area contributed by atoms with Gasteiger partial charge in [0.25, 0.3) is 0 Å². The van der Waals surface area contributed by atoms with Crippen LogP contribution in [0.25, 0.3) is 17.8 Å². The van der Waals surface area contributed by atoms with Crippen LogP contribution in [-0.4, -0.2) is 41.5 Å². The average Bonchev–Trinajstić information content (AvgIpc) is 3.28. The summed E-state index contributed by atoms with van der Waals surface area (Å²) in [5.74, 6) is 2.11. The summed E-state index contributed by atoms with van der Waals surface area (Å²) in [5, 5.41) is 8.94. The van der Waals surface area contributed by atoms with E-state index in [1.165, 1.54) is 0 Å². The molecule has 4 aromatic rings. The normalized spacial score (nSPS) is 11.6. The fourth-order valence-corrected chi connectivity index (χ4v) is 3.17. The zero-order chi connectivity index (χ0) is 19.7. The minimum Gasteiger partial charge on any atom is -0.497 e. The molecule has 28 heavy (non-hydrogen) atoms. The monoisotopic (exact) mass is 439 g/mol. The van der Waals surface area contributed by atoms with Crippen molar-refractivity contribution in [1.29, 1.82) is 0 Å². The molecular formula is C19H18BrN7O. The number of halogens is 1. The lowest BCUT2D eigenvalue weighted by Crippen LogP contribution is -2.04. The van der Waals surface area contributed by atoms with Gasteiger partial charge in [0.2, 0.25) is 4.73 Å². The number of fused-ring (bicyclic) bond motifs is 1. The van der Waals surface area contributed by atoms with Gasteiger partial charge in [-0.1, -0.05) is 12.1 Å². The summed E-state index contributed by atoms with van der Waals surface area (Å²) >= 11 is 3.35. The van der Waals surface area contributed by atoms with Crippen molar-refractivity contribution in [2.24, 2.45) is 0 Å². The van der Waals surface area contributed by atoms with Crippen LogP contribution in [0.4, 0.5) is 0 Å². The summed E-state index contributed by atoms with van der Waals surface area (Å²) in [4.78, 5) is 13.3. The van der Waals surface area contributed by atoms with Crippen molar-refractivity contribution in [2.75, 3.05) is 7.11 Å². The molecular weight excluding hydrogens is 422 g/mol. The molecule has 3 aromatic heterocycles. The molecule has 142 valence electrons. The molecule has 0 aliphatic carbocycles. The second-order valence-corrected chi connectivity index (χ2v) is 6.98. The van der Waals surface area contributed by atoms with Crippen molar-refractivity contribution in [1.82, 2.24) is 34.3 Å². The molecule has 0 radical (unpaired) electrons. The Kier molecular flexibility index (Phi) is 4.91. The molecule has 8 nitrogen and oxygen atoms in total. The van der Waals surface area contributed by atoms with E-state index >= 15 is 0 Å². The predicted octanol–water partition coefficient (Wildman–Crippen LogP) is 3.32. The van der Waals surface area contributed by atoms with Gasteiger partial charge in [0, 0.05) is 6.20 Å². The highest BCUT2D eigenvalue weighted by Crippen LogP contribution is 2.15. The maximum atomic E-state index is 5.20. The molecule has 9 heteroatoms. The van der Waals surface area contributed by atoms with Crippen molar-refractivity contribution in [3.8, 4) is 5.75 Å². The maximum absolute atomic E-state index is 5.20. The number of rotatable bonds is 5. The van der Waals surface area contributed by atoms with Crippen LogP contribution in [0, 0.1) is 13.8 Å². The van der Waals surface area contributed by atoms with E-state index < -0.39 is 0 Å². The Balaban J connectivity index is 1.61. The maximum Gasteiger partial charge on any atom is 0.217 e. The standard InChI is InChI=1S/C19H18BrN7O/c1-12-10-21-13(2)18-22-16(24-27(12)18)8-9-17-23-19(20)25-26(17)11-14-4-6-15(28-3)7-5-14/h4-10H,11H2,1-3H3. The van der Waals surface area contributed by atoms with E-state index in [2.05, 4.69) is 41.1 Å². The lowest BCUT2D eigenvalue weighted by molar-refractivity contribution is 0.414. The molecule has 0 aliphatic rings. The smallest absolute Gasteiger partial charge is 0.217 e. The van der Waals surface area contributed by atoms with E-state index in [9.17, 15) is 0 Å². The molecule has 1 aromatic carbocycles. The van der Waals surface area contributed by atoms with Gasteiger partial charge in [-0.15, -0.1) is 10.2 Å². The largest absolute Gasteiger partial charge is 0.497 e. The first-order valence-corrected chi connectivity index (χ1v) is 9.43. The topological polar surface area (TPSA) is 83.0 Å². The fourth-order valence-electron chi connectivity index (χ4n) is 2.80. The number of hydrogen-bond donors (Lipinski definition) is 0. The SMILES string of the molecule is COc1ccc(Cn2nc(Br)nc2C=Cc2nc3c(C)ncc(C)n3n2)cc1. The molecule has 0 atom stereocenters. The van der Waals surface area contributed by atoms with E-state index in [4.69, 9.17) is 4.74 Å². The van der Waals surface area contributed by atoms with Crippen LogP contribution in [0.15, 0.2) is 35.2 Å². The van der Waals surface area contributed by atoms with Crippen LogP contribution in [0.2, 0.25) is 0 Å². The number of methoxy groups -OCH3 is 1. The summed E-state index contributed by atoms with van der Waals surface area (Å²) < 4.78 is 9.34.